The Morgan fingerprint density at radius 1 is 1.17 bits per heavy atom. The van der Waals surface area contributed by atoms with Crippen LogP contribution in [0.15, 0.2) is 0 Å². The van der Waals surface area contributed by atoms with E-state index in [1.165, 1.54) is 38.4 Å². The summed E-state index contributed by atoms with van der Waals surface area (Å²) >= 11 is 0. The Bertz CT molecular complexity index is 311. The molecule has 1 saturated carbocycles. The minimum absolute atomic E-state index is 0.263. The van der Waals surface area contributed by atoms with E-state index in [2.05, 4.69) is 10.2 Å². The number of hydrogen-bond donors (Lipinski definition) is 1. The predicted molar refractivity (Wildman–Crippen MR) is 76.7 cm³/mol. The van der Waals surface area contributed by atoms with E-state index in [4.69, 9.17) is 0 Å². The number of hydrogen-bond acceptors (Lipinski definition) is 4. The minimum Gasteiger partial charge on any atom is -0.314 e. The first kappa shape index (κ1) is 15.9. The van der Waals surface area contributed by atoms with Crippen LogP contribution in [-0.4, -0.2) is 58.1 Å². The van der Waals surface area contributed by atoms with Crippen LogP contribution < -0.4 is 5.32 Å². The molecule has 0 heterocycles. The maximum absolute atomic E-state index is 11.0. The van der Waals surface area contributed by atoms with Gasteiger partial charge in [-0.15, -0.1) is 0 Å². The van der Waals surface area contributed by atoms with Crippen molar-refractivity contribution in [2.45, 2.75) is 44.6 Å². The van der Waals surface area contributed by atoms with Crippen LogP contribution in [0, 0.1) is 0 Å². The Morgan fingerprint density at radius 3 is 2.44 bits per heavy atom. The second kappa shape index (κ2) is 8.12. The highest BCUT2D eigenvalue weighted by atomic mass is 32.2. The lowest BCUT2D eigenvalue weighted by Gasteiger charge is -2.23. The summed E-state index contributed by atoms with van der Waals surface area (Å²) < 4.78 is 22.1. The topological polar surface area (TPSA) is 49.4 Å². The molecule has 1 fully saturated rings. The van der Waals surface area contributed by atoms with Gasteiger partial charge in [-0.2, -0.15) is 0 Å². The van der Waals surface area contributed by atoms with E-state index in [1.54, 1.807) is 0 Å². The van der Waals surface area contributed by atoms with Crippen molar-refractivity contribution in [3.05, 3.63) is 0 Å². The van der Waals surface area contributed by atoms with Gasteiger partial charge in [-0.1, -0.05) is 19.3 Å². The highest BCUT2D eigenvalue weighted by molar-refractivity contribution is 7.90. The van der Waals surface area contributed by atoms with E-state index < -0.39 is 9.84 Å². The van der Waals surface area contributed by atoms with Gasteiger partial charge in [0.05, 0.1) is 5.75 Å². The molecular weight excluding hydrogens is 248 g/mol. The van der Waals surface area contributed by atoms with Crippen molar-refractivity contribution in [1.29, 1.82) is 0 Å². The van der Waals surface area contributed by atoms with Crippen molar-refractivity contribution in [2.75, 3.05) is 38.7 Å². The fourth-order valence-electron chi connectivity index (χ4n) is 2.40. The summed E-state index contributed by atoms with van der Waals surface area (Å²) in [6.07, 6.45) is 9.17. The van der Waals surface area contributed by atoms with Crippen molar-refractivity contribution in [1.82, 2.24) is 10.2 Å². The van der Waals surface area contributed by atoms with Crippen LogP contribution in [0.1, 0.15) is 38.5 Å². The molecule has 0 unspecified atom stereocenters. The number of rotatable bonds is 8. The zero-order chi connectivity index (χ0) is 13.4. The molecular formula is C13H28N2O2S. The molecule has 0 bridgehead atoms. The van der Waals surface area contributed by atoms with Crippen molar-refractivity contribution in [3.63, 3.8) is 0 Å². The molecule has 1 aliphatic carbocycles. The maximum atomic E-state index is 11.0. The minimum atomic E-state index is -2.82. The predicted octanol–water partition coefficient (Wildman–Crippen LogP) is 1.28. The van der Waals surface area contributed by atoms with Crippen LogP contribution in [0.3, 0.4) is 0 Å². The summed E-state index contributed by atoms with van der Waals surface area (Å²) in [6.45, 7) is 2.66. The normalized spacial score (nSPS) is 18.4. The largest absolute Gasteiger partial charge is 0.314 e. The lowest BCUT2D eigenvalue weighted by atomic mass is 9.95. The molecule has 0 spiro atoms. The van der Waals surface area contributed by atoms with E-state index in [-0.39, 0.29) is 5.75 Å². The van der Waals surface area contributed by atoms with Gasteiger partial charge in [-0.3, -0.25) is 0 Å². The quantitative estimate of drug-likeness (QED) is 0.678. The first-order chi connectivity index (χ1) is 8.47. The SMILES string of the molecule is CN(CCCNC1CCCCC1)CCS(C)(=O)=O. The molecule has 0 atom stereocenters. The second-order valence-corrected chi connectivity index (χ2v) is 7.84. The van der Waals surface area contributed by atoms with Gasteiger partial charge in [0.25, 0.3) is 0 Å². The molecule has 0 amide bonds. The highest BCUT2D eigenvalue weighted by Gasteiger charge is 2.12. The Hall–Kier alpha value is -0.130. The van der Waals surface area contributed by atoms with Gasteiger partial charge in [0.15, 0.2) is 0 Å². The standard InChI is InChI=1S/C13H28N2O2S/c1-15(11-12-18(2,16)17)10-6-9-14-13-7-4-3-5-8-13/h13-14H,3-12H2,1-2H3. The van der Waals surface area contributed by atoms with Gasteiger partial charge < -0.3 is 10.2 Å². The smallest absolute Gasteiger partial charge is 0.148 e. The van der Waals surface area contributed by atoms with Crippen LogP contribution in [-0.2, 0) is 9.84 Å². The third kappa shape index (κ3) is 8.06. The molecule has 0 radical (unpaired) electrons. The molecule has 18 heavy (non-hydrogen) atoms. The molecule has 0 aliphatic heterocycles. The molecule has 5 heteroatoms. The summed E-state index contributed by atoms with van der Waals surface area (Å²) in [7, 11) is -0.832. The molecule has 0 aromatic heterocycles. The lowest BCUT2D eigenvalue weighted by molar-refractivity contribution is 0.326. The Kier molecular flexibility index (Phi) is 7.19. The number of sulfone groups is 1. The monoisotopic (exact) mass is 276 g/mol. The van der Waals surface area contributed by atoms with E-state index in [0.29, 0.717) is 6.54 Å². The molecule has 1 aliphatic rings. The van der Waals surface area contributed by atoms with Gasteiger partial charge in [-0.25, -0.2) is 8.42 Å². The molecule has 0 aromatic rings. The summed E-state index contributed by atoms with van der Waals surface area (Å²) in [4.78, 5) is 2.10. The first-order valence-corrected chi connectivity index (χ1v) is 9.13. The fraction of sp³-hybridized carbons (Fsp3) is 1.00. The van der Waals surface area contributed by atoms with Crippen LogP contribution in [0.2, 0.25) is 0 Å². The zero-order valence-electron chi connectivity index (χ0n) is 11.8. The average molecular weight is 276 g/mol. The van der Waals surface area contributed by atoms with Crippen molar-refractivity contribution in [3.8, 4) is 0 Å². The van der Waals surface area contributed by atoms with Gasteiger partial charge in [0, 0.05) is 18.8 Å². The van der Waals surface area contributed by atoms with Crippen LogP contribution >= 0.6 is 0 Å². The zero-order valence-corrected chi connectivity index (χ0v) is 12.6. The first-order valence-electron chi connectivity index (χ1n) is 7.07. The molecule has 1 rings (SSSR count). The molecule has 1 N–H and O–H groups in total. The Balaban J connectivity index is 1.99. The molecule has 108 valence electrons. The van der Waals surface area contributed by atoms with Gasteiger partial charge >= 0.3 is 0 Å². The summed E-state index contributed by atoms with van der Waals surface area (Å²) in [5.74, 6) is 0.263. The second-order valence-electron chi connectivity index (χ2n) is 5.58. The van der Waals surface area contributed by atoms with Crippen molar-refractivity contribution < 1.29 is 8.42 Å². The summed E-state index contributed by atoms with van der Waals surface area (Å²) in [5, 5.41) is 3.60. The van der Waals surface area contributed by atoms with E-state index in [1.807, 2.05) is 7.05 Å². The van der Waals surface area contributed by atoms with Crippen molar-refractivity contribution in [2.24, 2.45) is 0 Å². The number of nitrogens with zero attached hydrogens (tertiary/aromatic N) is 1. The van der Waals surface area contributed by atoms with E-state index >= 15 is 0 Å². The molecule has 4 nitrogen and oxygen atoms in total. The van der Waals surface area contributed by atoms with E-state index in [0.717, 1.165) is 25.6 Å². The fourth-order valence-corrected chi connectivity index (χ4v) is 3.04. The lowest BCUT2D eigenvalue weighted by Crippen LogP contribution is -2.34. The van der Waals surface area contributed by atoms with Gasteiger partial charge in [0.2, 0.25) is 0 Å². The average Bonchev–Trinajstić information content (AvgIpc) is 2.33. The van der Waals surface area contributed by atoms with Gasteiger partial charge in [-0.05, 0) is 39.4 Å². The number of nitrogens with one attached hydrogen (secondary N) is 1. The summed E-state index contributed by atoms with van der Waals surface area (Å²) in [6, 6.07) is 0.722. The van der Waals surface area contributed by atoms with Crippen LogP contribution in [0.25, 0.3) is 0 Å². The Morgan fingerprint density at radius 2 is 1.83 bits per heavy atom. The third-order valence-electron chi connectivity index (χ3n) is 3.60. The van der Waals surface area contributed by atoms with Crippen LogP contribution in [0.4, 0.5) is 0 Å². The maximum Gasteiger partial charge on any atom is 0.148 e. The van der Waals surface area contributed by atoms with Crippen molar-refractivity contribution >= 4 is 9.84 Å². The molecule has 0 saturated heterocycles. The highest BCUT2D eigenvalue weighted by Crippen LogP contribution is 2.17. The van der Waals surface area contributed by atoms with Crippen LogP contribution in [0.5, 0.6) is 0 Å². The third-order valence-corrected chi connectivity index (χ3v) is 4.52. The molecule has 0 aromatic carbocycles. The Labute approximate surface area is 112 Å². The van der Waals surface area contributed by atoms with Gasteiger partial charge in [0.1, 0.15) is 9.84 Å². The van der Waals surface area contributed by atoms with E-state index in [9.17, 15) is 8.42 Å². The summed E-state index contributed by atoms with van der Waals surface area (Å²) in [5.41, 5.74) is 0.